The molecule has 1 aromatic heterocycles. The molecular formula is C18H23N3O3. The van der Waals surface area contributed by atoms with Gasteiger partial charge < -0.3 is 19.4 Å². The lowest BCUT2D eigenvalue weighted by Crippen LogP contribution is -2.41. The first-order valence-electron chi connectivity index (χ1n) is 8.34. The zero-order valence-electron chi connectivity index (χ0n) is 13.9. The molecule has 1 amide bonds. The molecule has 6 heteroatoms. The van der Waals surface area contributed by atoms with Gasteiger partial charge in [-0.25, -0.2) is 4.98 Å². The van der Waals surface area contributed by atoms with Crippen LogP contribution in [-0.4, -0.2) is 48.6 Å². The average Bonchev–Trinajstić information content (AvgIpc) is 3.13. The largest absolute Gasteiger partial charge is 0.439 e. The summed E-state index contributed by atoms with van der Waals surface area (Å²) < 4.78 is 11.1. The van der Waals surface area contributed by atoms with Gasteiger partial charge in [0.1, 0.15) is 0 Å². The molecule has 24 heavy (non-hydrogen) atoms. The Kier molecular flexibility index (Phi) is 5.61. The summed E-state index contributed by atoms with van der Waals surface area (Å²) in [6, 6.07) is 9.84. The highest BCUT2D eigenvalue weighted by Gasteiger charge is 2.17. The van der Waals surface area contributed by atoms with Gasteiger partial charge in [0.25, 0.3) is 0 Å². The van der Waals surface area contributed by atoms with Crippen LogP contribution >= 0.6 is 0 Å². The number of aromatic nitrogens is 1. The third-order valence-corrected chi connectivity index (χ3v) is 4.11. The predicted molar refractivity (Wildman–Crippen MR) is 90.4 cm³/mol. The van der Waals surface area contributed by atoms with Gasteiger partial charge in [0.05, 0.1) is 25.5 Å². The number of nitrogens with zero attached hydrogens (tertiary/aromatic N) is 2. The van der Waals surface area contributed by atoms with Crippen LogP contribution in [0.1, 0.15) is 25.3 Å². The second-order valence-electron chi connectivity index (χ2n) is 5.85. The van der Waals surface area contributed by atoms with Crippen LogP contribution in [0, 0.1) is 0 Å². The van der Waals surface area contributed by atoms with E-state index in [9.17, 15) is 4.79 Å². The van der Waals surface area contributed by atoms with Gasteiger partial charge in [0, 0.05) is 31.6 Å². The molecule has 0 unspecified atom stereocenters. The molecule has 1 aliphatic heterocycles. The summed E-state index contributed by atoms with van der Waals surface area (Å²) in [5, 5.41) is 3.30. The van der Waals surface area contributed by atoms with Gasteiger partial charge in [0.15, 0.2) is 5.76 Å². The number of amides is 1. The van der Waals surface area contributed by atoms with Crippen LogP contribution in [0.3, 0.4) is 0 Å². The van der Waals surface area contributed by atoms with Gasteiger partial charge >= 0.3 is 0 Å². The maximum absolute atomic E-state index is 12.1. The van der Waals surface area contributed by atoms with Crippen molar-refractivity contribution in [3.8, 4) is 11.3 Å². The van der Waals surface area contributed by atoms with E-state index in [-0.39, 0.29) is 11.9 Å². The van der Waals surface area contributed by atoms with Crippen LogP contribution in [0.4, 0.5) is 0 Å². The number of nitrogens with one attached hydrogen (secondary N) is 1. The molecule has 6 nitrogen and oxygen atoms in total. The molecule has 1 aromatic carbocycles. The van der Waals surface area contributed by atoms with Crippen LogP contribution in [0.25, 0.3) is 11.3 Å². The maximum Gasteiger partial charge on any atom is 0.224 e. The standard InChI is InChI=1S/C18H23N3O3/c1-14(19-8-7-17(22)21-9-11-23-12-10-21)18-20-13-16(24-18)15-5-3-2-4-6-15/h2-6,13-14,19H,7-12H2,1H3/t14-/m1/s1. The minimum atomic E-state index is -0.0417. The van der Waals surface area contributed by atoms with E-state index in [0.717, 1.165) is 11.3 Å². The quantitative estimate of drug-likeness (QED) is 0.880. The van der Waals surface area contributed by atoms with Gasteiger partial charge in [-0.05, 0) is 6.92 Å². The first-order valence-corrected chi connectivity index (χ1v) is 8.34. The smallest absolute Gasteiger partial charge is 0.224 e. The third-order valence-electron chi connectivity index (χ3n) is 4.11. The molecule has 0 radical (unpaired) electrons. The average molecular weight is 329 g/mol. The lowest BCUT2D eigenvalue weighted by atomic mass is 10.2. The molecule has 1 atom stereocenters. The van der Waals surface area contributed by atoms with Crippen LogP contribution in [0.15, 0.2) is 40.9 Å². The van der Waals surface area contributed by atoms with Crippen molar-refractivity contribution in [2.24, 2.45) is 0 Å². The second-order valence-corrected chi connectivity index (χ2v) is 5.85. The molecule has 0 saturated carbocycles. The minimum Gasteiger partial charge on any atom is -0.439 e. The monoisotopic (exact) mass is 329 g/mol. The zero-order chi connectivity index (χ0) is 16.8. The molecule has 1 N–H and O–H groups in total. The van der Waals surface area contributed by atoms with E-state index in [2.05, 4.69) is 10.3 Å². The third kappa shape index (κ3) is 4.21. The molecule has 1 aliphatic rings. The van der Waals surface area contributed by atoms with E-state index < -0.39 is 0 Å². The Morgan fingerprint density at radius 2 is 2.04 bits per heavy atom. The van der Waals surface area contributed by atoms with E-state index in [1.165, 1.54) is 0 Å². The van der Waals surface area contributed by atoms with E-state index >= 15 is 0 Å². The first kappa shape index (κ1) is 16.7. The fraction of sp³-hybridized carbons (Fsp3) is 0.444. The SMILES string of the molecule is C[C@@H](NCCC(=O)N1CCOCC1)c1ncc(-c2ccccc2)o1. The molecule has 2 aromatic rings. The number of carbonyl (C=O) groups is 1. The van der Waals surface area contributed by atoms with Gasteiger partial charge in [0.2, 0.25) is 11.8 Å². The molecule has 0 aliphatic carbocycles. The number of morpholine rings is 1. The predicted octanol–water partition coefficient (Wildman–Crippen LogP) is 2.24. The Balaban J connectivity index is 1.48. The van der Waals surface area contributed by atoms with Crippen LogP contribution in [0.5, 0.6) is 0 Å². The molecule has 1 fully saturated rings. The highest BCUT2D eigenvalue weighted by Crippen LogP contribution is 2.22. The van der Waals surface area contributed by atoms with Crippen molar-refractivity contribution >= 4 is 5.91 Å². The Hall–Kier alpha value is -2.18. The number of ether oxygens (including phenoxy) is 1. The minimum absolute atomic E-state index is 0.0417. The topological polar surface area (TPSA) is 67.6 Å². The Bertz CT molecular complexity index is 651. The summed E-state index contributed by atoms with van der Waals surface area (Å²) in [5.41, 5.74) is 1.01. The second kappa shape index (κ2) is 8.08. The fourth-order valence-electron chi connectivity index (χ4n) is 2.68. The van der Waals surface area contributed by atoms with E-state index in [4.69, 9.17) is 9.15 Å². The van der Waals surface area contributed by atoms with Crippen molar-refractivity contribution in [2.45, 2.75) is 19.4 Å². The van der Waals surface area contributed by atoms with Crippen LogP contribution < -0.4 is 5.32 Å². The zero-order valence-corrected chi connectivity index (χ0v) is 13.9. The van der Waals surface area contributed by atoms with Gasteiger partial charge in [-0.2, -0.15) is 0 Å². The lowest BCUT2D eigenvalue weighted by Gasteiger charge is -2.27. The molecule has 1 saturated heterocycles. The van der Waals surface area contributed by atoms with Gasteiger partial charge in [-0.15, -0.1) is 0 Å². The number of hydrogen-bond donors (Lipinski definition) is 1. The van der Waals surface area contributed by atoms with E-state index in [1.54, 1.807) is 6.20 Å². The number of oxazole rings is 1. The number of hydrogen-bond acceptors (Lipinski definition) is 5. The van der Waals surface area contributed by atoms with Crippen molar-refractivity contribution in [2.75, 3.05) is 32.8 Å². The van der Waals surface area contributed by atoms with Crippen molar-refractivity contribution < 1.29 is 13.9 Å². The van der Waals surface area contributed by atoms with Crippen molar-refractivity contribution in [1.82, 2.24) is 15.2 Å². The highest BCUT2D eigenvalue weighted by molar-refractivity contribution is 5.76. The van der Waals surface area contributed by atoms with Crippen molar-refractivity contribution in [1.29, 1.82) is 0 Å². The molecule has 128 valence electrons. The van der Waals surface area contributed by atoms with Gasteiger partial charge in [-0.3, -0.25) is 4.79 Å². The molecular weight excluding hydrogens is 306 g/mol. The number of rotatable bonds is 6. The van der Waals surface area contributed by atoms with E-state index in [1.807, 2.05) is 42.2 Å². The molecule has 0 bridgehead atoms. The van der Waals surface area contributed by atoms with Crippen LogP contribution in [0.2, 0.25) is 0 Å². The Morgan fingerprint density at radius 3 is 2.79 bits per heavy atom. The Morgan fingerprint density at radius 1 is 1.29 bits per heavy atom. The Labute approximate surface area is 141 Å². The fourth-order valence-corrected chi connectivity index (χ4v) is 2.68. The normalized spacial score (nSPS) is 16.1. The van der Waals surface area contributed by atoms with Gasteiger partial charge in [-0.1, -0.05) is 30.3 Å². The maximum atomic E-state index is 12.1. The highest BCUT2D eigenvalue weighted by atomic mass is 16.5. The molecule has 0 spiro atoms. The molecule has 3 rings (SSSR count). The van der Waals surface area contributed by atoms with Crippen LogP contribution in [-0.2, 0) is 9.53 Å². The van der Waals surface area contributed by atoms with Crippen molar-refractivity contribution in [3.63, 3.8) is 0 Å². The number of benzene rings is 1. The first-order chi connectivity index (χ1) is 11.7. The van der Waals surface area contributed by atoms with Crippen molar-refractivity contribution in [3.05, 3.63) is 42.4 Å². The summed E-state index contributed by atoms with van der Waals surface area (Å²) in [7, 11) is 0. The summed E-state index contributed by atoms with van der Waals surface area (Å²) in [6.45, 7) is 5.23. The van der Waals surface area contributed by atoms with E-state index in [0.29, 0.717) is 45.2 Å². The summed E-state index contributed by atoms with van der Waals surface area (Å²) >= 11 is 0. The molecule has 2 heterocycles. The summed E-state index contributed by atoms with van der Waals surface area (Å²) in [5.74, 6) is 1.55. The lowest BCUT2D eigenvalue weighted by molar-refractivity contribution is -0.135. The summed E-state index contributed by atoms with van der Waals surface area (Å²) in [6.07, 6.45) is 2.21. The summed E-state index contributed by atoms with van der Waals surface area (Å²) in [4.78, 5) is 18.3. The number of carbonyl (C=O) groups excluding carboxylic acids is 1.